The van der Waals surface area contributed by atoms with Crippen molar-refractivity contribution in [3.63, 3.8) is 0 Å². The molecule has 1 fully saturated rings. The fourth-order valence-electron chi connectivity index (χ4n) is 2.64. The highest BCUT2D eigenvalue weighted by Gasteiger charge is 2.48. The summed E-state index contributed by atoms with van der Waals surface area (Å²) in [4.78, 5) is 11.0. The number of aliphatic carboxylic acids is 1. The third-order valence-electron chi connectivity index (χ3n) is 3.70. The van der Waals surface area contributed by atoms with Gasteiger partial charge in [-0.05, 0) is 30.4 Å². The van der Waals surface area contributed by atoms with E-state index in [9.17, 15) is 4.79 Å². The molecule has 1 aliphatic rings. The second-order valence-electron chi connectivity index (χ2n) is 4.83. The molecule has 2 aromatic rings. The van der Waals surface area contributed by atoms with Crippen molar-refractivity contribution in [1.29, 1.82) is 0 Å². The molecule has 0 unspecified atom stereocenters. The van der Waals surface area contributed by atoms with E-state index in [0.29, 0.717) is 0 Å². The maximum absolute atomic E-state index is 11.0. The molecule has 0 aliphatic heterocycles. The number of carbonyl (C=O) groups is 1. The quantitative estimate of drug-likeness (QED) is 0.918. The van der Waals surface area contributed by atoms with E-state index >= 15 is 0 Å². The fourth-order valence-corrected chi connectivity index (χ4v) is 3.42. The number of thiophene rings is 1. The van der Waals surface area contributed by atoms with Crippen LogP contribution >= 0.6 is 11.3 Å². The summed E-state index contributed by atoms with van der Waals surface area (Å²) in [7, 11) is 1.66. The number of methoxy groups -OCH3 is 1. The second kappa shape index (κ2) is 3.99. The van der Waals surface area contributed by atoms with E-state index in [-0.39, 0.29) is 11.8 Å². The SMILES string of the molecule is COc1c(C2(CC(=O)O)CC2)ccc2sccc12. The predicted octanol–water partition coefficient (Wildman–Crippen LogP) is 3.42. The van der Waals surface area contributed by atoms with Gasteiger partial charge in [0.25, 0.3) is 0 Å². The first-order valence-electron chi connectivity index (χ1n) is 5.93. The van der Waals surface area contributed by atoms with Crippen LogP contribution in [0.2, 0.25) is 0 Å². The van der Waals surface area contributed by atoms with Crippen LogP contribution in [0.1, 0.15) is 24.8 Å². The molecule has 1 aromatic heterocycles. The maximum atomic E-state index is 11.0. The molecule has 0 bridgehead atoms. The number of fused-ring (bicyclic) bond motifs is 1. The molecule has 1 heterocycles. The van der Waals surface area contributed by atoms with Gasteiger partial charge in [0.1, 0.15) is 5.75 Å². The van der Waals surface area contributed by atoms with E-state index in [1.54, 1.807) is 18.4 Å². The lowest BCUT2D eigenvalue weighted by molar-refractivity contribution is -0.137. The van der Waals surface area contributed by atoms with Gasteiger partial charge in [-0.2, -0.15) is 0 Å². The number of carboxylic acid groups (broad SMARTS) is 1. The van der Waals surface area contributed by atoms with E-state index in [0.717, 1.165) is 29.5 Å². The van der Waals surface area contributed by atoms with Crippen LogP contribution in [-0.2, 0) is 10.2 Å². The Bertz CT molecular complexity index is 611. The average molecular weight is 262 g/mol. The Morgan fingerprint density at radius 3 is 2.83 bits per heavy atom. The van der Waals surface area contributed by atoms with Crippen LogP contribution in [0.25, 0.3) is 10.1 Å². The first-order valence-corrected chi connectivity index (χ1v) is 6.81. The normalized spacial score (nSPS) is 16.7. The van der Waals surface area contributed by atoms with Gasteiger partial charge in [-0.3, -0.25) is 4.79 Å². The van der Waals surface area contributed by atoms with Crippen LogP contribution in [0.4, 0.5) is 0 Å². The van der Waals surface area contributed by atoms with E-state index in [1.807, 2.05) is 17.5 Å². The summed E-state index contributed by atoms with van der Waals surface area (Å²) in [5.74, 6) is 0.118. The molecule has 0 amide bonds. The van der Waals surface area contributed by atoms with Crippen molar-refractivity contribution in [3.05, 3.63) is 29.1 Å². The minimum Gasteiger partial charge on any atom is -0.496 e. The maximum Gasteiger partial charge on any atom is 0.304 e. The number of carboxylic acids is 1. The van der Waals surface area contributed by atoms with E-state index in [1.165, 1.54) is 4.70 Å². The molecule has 1 saturated carbocycles. The molecular formula is C14H14O3S. The predicted molar refractivity (Wildman–Crippen MR) is 71.5 cm³/mol. The molecular weight excluding hydrogens is 248 g/mol. The highest BCUT2D eigenvalue weighted by atomic mass is 32.1. The Hall–Kier alpha value is -1.55. The zero-order valence-corrected chi connectivity index (χ0v) is 10.9. The molecule has 18 heavy (non-hydrogen) atoms. The molecule has 94 valence electrons. The van der Waals surface area contributed by atoms with Crippen molar-refractivity contribution >= 4 is 27.4 Å². The lowest BCUT2D eigenvalue weighted by atomic mass is 9.90. The van der Waals surface area contributed by atoms with Gasteiger partial charge in [-0.1, -0.05) is 6.07 Å². The van der Waals surface area contributed by atoms with Crippen LogP contribution in [-0.4, -0.2) is 18.2 Å². The smallest absolute Gasteiger partial charge is 0.304 e. The fraction of sp³-hybridized carbons (Fsp3) is 0.357. The standard InChI is InChI=1S/C14H14O3S/c1-17-13-9-4-7-18-11(9)3-2-10(13)14(5-6-14)8-12(15)16/h2-4,7H,5-6,8H2,1H3,(H,15,16). The Morgan fingerprint density at radius 1 is 1.44 bits per heavy atom. The molecule has 3 nitrogen and oxygen atoms in total. The molecule has 1 aromatic carbocycles. The average Bonchev–Trinajstić information content (AvgIpc) is 2.94. The summed E-state index contributed by atoms with van der Waals surface area (Å²) in [6, 6.07) is 6.15. The topological polar surface area (TPSA) is 46.5 Å². The van der Waals surface area contributed by atoms with Crippen LogP contribution < -0.4 is 4.74 Å². The number of rotatable bonds is 4. The van der Waals surface area contributed by atoms with Crippen LogP contribution in [0.3, 0.4) is 0 Å². The van der Waals surface area contributed by atoms with Crippen molar-refractivity contribution in [2.45, 2.75) is 24.7 Å². The summed E-state index contributed by atoms with van der Waals surface area (Å²) >= 11 is 1.67. The summed E-state index contributed by atoms with van der Waals surface area (Å²) < 4.78 is 6.72. The molecule has 1 aliphatic carbocycles. The van der Waals surface area contributed by atoms with E-state index in [2.05, 4.69) is 6.07 Å². The number of ether oxygens (including phenoxy) is 1. The van der Waals surface area contributed by atoms with Gasteiger partial charge in [-0.15, -0.1) is 11.3 Å². The van der Waals surface area contributed by atoms with Crippen molar-refractivity contribution in [1.82, 2.24) is 0 Å². The highest BCUT2D eigenvalue weighted by molar-refractivity contribution is 7.17. The van der Waals surface area contributed by atoms with Gasteiger partial charge >= 0.3 is 5.97 Å². The van der Waals surface area contributed by atoms with Gasteiger partial charge in [0.15, 0.2) is 0 Å². The van der Waals surface area contributed by atoms with Crippen molar-refractivity contribution < 1.29 is 14.6 Å². The van der Waals surface area contributed by atoms with E-state index < -0.39 is 5.97 Å². The summed E-state index contributed by atoms with van der Waals surface area (Å²) in [5, 5.41) is 12.2. The third kappa shape index (κ3) is 1.68. The Balaban J connectivity index is 2.14. The van der Waals surface area contributed by atoms with Gasteiger partial charge in [0, 0.05) is 21.1 Å². The second-order valence-corrected chi connectivity index (χ2v) is 5.78. The Labute approximate surface area is 109 Å². The number of hydrogen-bond acceptors (Lipinski definition) is 3. The van der Waals surface area contributed by atoms with Crippen LogP contribution in [0.5, 0.6) is 5.75 Å². The third-order valence-corrected chi connectivity index (χ3v) is 4.59. The lowest BCUT2D eigenvalue weighted by Crippen LogP contribution is -2.14. The van der Waals surface area contributed by atoms with Gasteiger partial charge < -0.3 is 9.84 Å². The van der Waals surface area contributed by atoms with Crippen molar-refractivity contribution in [2.24, 2.45) is 0 Å². The molecule has 1 N–H and O–H groups in total. The van der Waals surface area contributed by atoms with Crippen LogP contribution in [0.15, 0.2) is 23.6 Å². The van der Waals surface area contributed by atoms with Crippen LogP contribution in [0, 0.1) is 0 Å². The first-order chi connectivity index (χ1) is 8.66. The molecule has 0 radical (unpaired) electrons. The molecule has 0 spiro atoms. The minimum atomic E-state index is -0.736. The van der Waals surface area contributed by atoms with Gasteiger partial charge in [0.05, 0.1) is 13.5 Å². The van der Waals surface area contributed by atoms with Crippen molar-refractivity contribution in [2.75, 3.05) is 7.11 Å². The van der Waals surface area contributed by atoms with Gasteiger partial charge in [-0.25, -0.2) is 0 Å². The summed E-state index contributed by atoms with van der Waals surface area (Å²) in [6.45, 7) is 0. The molecule has 0 atom stereocenters. The first kappa shape index (κ1) is 11.5. The van der Waals surface area contributed by atoms with E-state index in [4.69, 9.17) is 9.84 Å². The number of hydrogen-bond donors (Lipinski definition) is 1. The summed E-state index contributed by atoms with van der Waals surface area (Å²) in [6.07, 6.45) is 2.07. The molecule has 0 saturated heterocycles. The largest absolute Gasteiger partial charge is 0.496 e. The highest BCUT2D eigenvalue weighted by Crippen LogP contribution is 2.55. The zero-order chi connectivity index (χ0) is 12.8. The van der Waals surface area contributed by atoms with Gasteiger partial charge in [0.2, 0.25) is 0 Å². The van der Waals surface area contributed by atoms with Crippen molar-refractivity contribution in [3.8, 4) is 5.75 Å². The Kier molecular flexibility index (Phi) is 2.55. The number of benzene rings is 1. The molecule has 4 heteroatoms. The summed E-state index contributed by atoms with van der Waals surface area (Å²) in [5.41, 5.74) is 0.853. The minimum absolute atomic E-state index is 0.193. The molecule has 3 rings (SSSR count). The lowest BCUT2D eigenvalue weighted by Gasteiger charge is -2.17. The zero-order valence-electron chi connectivity index (χ0n) is 10.1. The monoisotopic (exact) mass is 262 g/mol. The Morgan fingerprint density at radius 2 is 2.22 bits per heavy atom.